The molecule has 3 aliphatic rings. The van der Waals surface area contributed by atoms with Crippen LogP contribution in [-0.2, 0) is 41.6 Å². The molecule has 2 aromatic rings. The molecule has 4 N–H and O–H groups in total. The van der Waals surface area contributed by atoms with E-state index in [1.807, 2.05) is 52.9 Å². The number of ether oxygens (including phenoxy) is 4. The van der Waals surface area contributed by atoms with Crippen LogP contribution in [0.3, 0.4) is 0 Å². The van der Waals surface area contributed by atoms with Crippen molar-refractivity contribution in [2.75, 3.05) is 7.11 Å². The second-order valence-electron chi connectivity index (χ2n) is 12.9. The Kier molecular flexibility index (Phi) is 13.8. The van der Waals surface area contributed by atoms with Gasteiger partial charge in [0.05, 0.1) is 32.7 Å². The molecule has 2 aliphatic heterocycles. The first-order chi connectivity index (χ1) is 23.5. The molecule has 0 aromatic heterocycles. The van der Waals surface area contributed by atoms with Crippen molar-refractivity contribution in [3.05, 3.63) is 79.1 Å². The third-order valence-electron chi connectivity index (χ3n) is 7.72. The van der Waals surface area contributed by atoms with Crippen LogP contribution in [0, 0.1) is 3.57 Å². The fraction of sp³-hybridized carbons (Fsp3) is 0.429. The van der Waals surface area contributed by atoms with Crippen molar-refractivity contribution in [2.45, 2.75) is 88.2 Å². The summed E-state index contributed by atoms with van der Waals surface area (Å²) < 4.78 is 23.8. The predicted molar refractivity (Wildman–Crippen MR) is 201 cm³/mol. The number of nitrogens with one attached hydrogen (secondary N) is 3. The number of phenols is 1. The van der Waals surface area contributed by atoms with Gasteiger partial charge in [0, 0.05) is 6.42 Å². The van der Waals surface area contributed by atoms with E-state index in [1.165, 1.54) is 7.11 Å². The van der Waals surface area contributed by atoms with Crippen molar-refractivity contribution >= 4 is 78.3 Å². The summed E-state index contributed by atoms with van der Waals surface area (Å²) in [4.78, 5) is 53.8. The lowest BCUT2D eigenvalue weighted by Gasteiger charge is -2.29. The summed E-state index contributed by atoms with van der Waals surface area (Å²) in [6, 6.07) is 8.89. The average Bonchev–Trinajstić information content (AvgIpc) is 3.04. The maximum absolute atomic E-state index is 14.1. The number of hydrogen-bond donors (Lipinski definition) is 4. The quantitative estimate of drug-likeness (QED) is 0.163. The SMILES string of the molecule is COC(=O)[C@@H]1CC2=CC(Br)=C(Oc3cc(cc(I)c3O)C[C@H](NC(=O)OC(C)(C)C)C(=O)N[C@@H](C(C)OCc3ccccc3)C(=O)N1)C(Br)C2. The molecule has 5 atom stereocenters. The van der Waals surface area contributed by atoms with Gasteiger partial charge in [0.15, 0.2) is 11.5 Å². The lowest BCUT2D eigenvalue weighted by molar-refractivity contribution is -0.146. The molecular formula is C35H40Br2IN3O9. The van der Waals surface area contributed by atoms with Gasteiger partial charge < -0.3 is 40.0 Å². The summed E-state index contributed by atoms with van der Waals surface area (Å²) in [5, 5.41) is 19.1. The first kappa shape index (κ1) is 39.6. The van der Waals surface area contributed by atoms with Gasteiger partial charge in [0.25, 0.3) is 0 Å². The van der Waals surface area contributed by atoms with Gasteiger partial charge in [-0.25, -0.2) is 9.59 Å². The van der Waals surface area contributed by atoms with Gasteiger partial charge in [-0.3, -0.25) is 9.59 Å². The Morgan fingerprint density at radius 2 is 1.80 bits per heavy atom. The van der Waals surface area contributed by atoms with Crippen molar-refractivity contribution in [2.24, 2.45) is 0 Å². The molecule has 270 valence electrons. The summed E-state index contributed by atoms with van der Waals surface area (Å²) >= 11 is 9.19. The van der Waals surface area contributed by atoms with Crippen LogP contribution in [0.5, 0.6) is 11.5 Å². The van der Waals surface area contributed by atoms with E-state index in [2.05, 4.69) is 47.8 Å². The summed E-state index contributed by atoms with van der Waals surface area (Å²) in [7, 11) is 1.22. The molecule has 3 amide bonds. The molecule has 0 saturated heterocycles. The molecule has 0 radical (unpaired) electrons. The second-order valence-corrected chi connectivity index (χ2v) is 16.0. The smallest absolute Gasteiger partial charge is 0.408 e. The molecule has 4 bridgehead atoms. The lowest BCUT2D eigenvalue weighted by atomic mass is 9.96. The number of methoxy groups -OCH3 is 1. The minimum Gasteiger partial charge on any atom is -0.504 e. The Morgan fingerprint density at radius 3 is 2.44 bits per heavy atom. The fourth-order valence-electron chi connectivity index (χ4n) is 5.28. The number of halogens is 3. The van der Waals surface area contributed by atoms with Crippen LogP contribution >= 0.6 is 54.5 Å². The molecular weight excluding hydrogens is 893 g/mol. The normalized spacial score (nSPS) is 22.3. The summed E-state index contributed by atoms with van der Waals surface area (Å²) in [6.45, 7) is 6.85. The zero-order valence-corrected chi connectivity index (χ0v) is 33.5. The minimum absolute atomic E-state index is 0.0713. The number of carbonyl (C=O) groups is 4. The third-order valence-corrected chi connectivity index (χ3v) is 9.90. The Morgan fingerprint density at radius 1 is 1.10 bits per heavy atom. The summed E-state index contributed by atoms with van der Waals surface area (Å²) in [5.74, 6) is -1.61. The number of aromatic hydroxyl groups is 1. The van der Waals surface area contributed by atoms with Crippen LogP contribution < -0.4 is 20.7 Å². The molecule has 0 saturated carbocycles. The number of carbonyl (C=O) groups excluding carboxylic acids is 4. The molecule has 1 aliphatic carbocycles. The van der Waals surface area contributed by atoms with Crippen LogP contribution in [0.2, 0.25) is 0 Å². The molecule has 15 heteroatoms. The van der Waals surface area contributed by atoms with Gasteiger partial charge in [-0.05, 0) is 108 Å². The number of fused-ring (bicyclic) bond motifs is 10. The van der Waals surface area contributed by atoms with E-state index in [4.69, 9.17) is 18.9 Å². The van der Waals surface area contributed by atoms with E-state index >= 15 is 0 Å². The van der Waals surface area contributed by atoms with Gasteiger partial charge in [-0.1, -0.05) is 51.8 Å². The Bertz CT molecular complexity index is 1660. The van der Waals surface area contributed by atoms with Gasteiger partial charge in [-0.2, -0.15) is 0 Å². The van der Waals surface area contributed by atoms with E-state index < -0.39 is 53.7 Å². The first-order valence-corrected chi connectivity index (χ1v) is 18.6. The van der Waals surface area contributed by atoms with E-state index in [9.17, 15) is 24.3 Å². The molecule has 2 aromatic carbocycles. The number of esters is 1. The molecule has 2 unspecified atom stereocenters. The number of phenolic OH excluding ortho intramolecular Hbond substituents is 1. The van der Waals surface area contributed by atoms with Crippen molar-refractivity contribution in [1.82, 2.24) is 16.0 Å². The first-order valence-electron chi connectivity index (χ1n) is 15.8. The average molecular weight is 933 g/mol. The fourth-order valence-corrected chi connectivity index (χ4v) is 7.69. The molecule has 12 nitrogen and oxygen atoms in total. The Labute approximate surface area is 321 Å². The third kappa shape index (κ3) is 10.9. The zero-order chi connectivity index (χ0) is 36.7. The largest absolute Gasteiger partial charge is 0.504 e. The highest BCUT2D eigenvalue weighted by atomic mass is 127. The van der Waals surface area contributed by atoms with Gasteiger partial charge in [0.1, 0.15) is 29.5 Å². The van der Waals surface area contributed by atoms with Gasteiger partial charge in [0.2, 0.25) is 11.8 Å². The molecule has 0 spiro atoms. The molecule has 0 fully saturated rings. The van der Waals surface area contributed by atoms with Crippen molar-refractivity contribution in [1.29, 1.82) is 0 Å². The number of allylic oxidation sites excluding steroid dienone is 3. The van der Waals surface area contributed by atoms with E-state index in [1.54, 1.807) is 45.9 Å². The highest BCUT2D eigenvalue weighted by Gasteiger charge is 2.36. The highest BCUT2D eigenvalue weighted by Crippen LogP contribution is 2.40. The van der Waals surface area contributed by atoms with Crippen molar-refractivity contribution in [3.63, 3.8) is 0 Å². The Balaban J connectivity index is 1.80. The summed E-state index contributed by atoms with van der Waals surface area (Å²) in [6.07, 6.45) is 0.475. The standard InChI is InChI=1S/C35H40Br2IN3O9/c1-18(48-17-19-9-7-6-8-10-19)28-32(44)39-26(33(45)47-5)15-20-11-22(36)30(23(37)12-20)49-27-16-21(13-24(38)29(27)42)14-25(31(43)41-28)40-34(46)50-35(2,3)4/h6-11,13,16,18,23,25-26,28,42H,12,14-15,17H2,1-5H3,(H,39,44)(H,40,46)(H,41,43)/t18?,23?,25-,26-,28-/m0/s1. The number of alkyl carbamates (subject to hydrolysis) is 1. The maximum atomic E-state index is 14.1. The van der Waals surface area contributed by atoms with Crippen molar-refractivity contribution in [3.8, 4) is 11.5 Å². The topological polar surface area (TPSA) is 162 Å². The highest BCUT2D eigenvalue weighted by molar-refractivity contribution is 14.1. The van der Waals surface area contributed by atoms with Gasteiger partial charge >= 0.3 is 12.1 Å². The van der Waals surface area contributed by atoms with Crippen LogP contribution in [-0.4, -0.2) is 70.8 Å². The molecule has 2 heterocycles. The van der Waals surface area contributed by atoms with Crippen LogP contribution in [0.25, 0.3) is 0 Å². The minimum atomic E-state index is -1.31. The van der Waals surface area contributed by atoms with E-state index in [0.717, 1.165) is 11.1 Å². The summed E-state index contributed by atoms with van der Waals surface area (Å²) in [5.41, 5.74) is 1.31. The molecule has 5 rings (SSSR count). The van der Waals surface area contributed by atoms with Crippen LogP contribution in [0.15, 0.2) is 64.4 Å². The van der Waals surface area contributed by atoms with Crippen LogP contribution in [0.4, 0.5) is 4.79 Å². The maximum Gasteiger partial charge on any atom is 0.408 e. The predicted octanol–water partition coefficient (Wildman–Crippen LogP) is 5.66. The van der Waals surface area contributed by atoms with E-state index in [0.29, 0.717) is 25.8 Å². The Hall–Kier alpha value is -3.15. The lowest BCUT2D eigenvalue weighted by Crippen LogP contribution is -2.60. The van der Waals surface area contributed by atoms with Crippen LogP contribution in [0.1, 0.15) is 51.7 Å². The monoisotopic (exact) mass is 931 g/mol. The van der Waals surface area contributed by atoms with E-state index in [-0.39, 0.29) is 35.8 Å². The zero-order valence-electron chi connectivity index (χ0n) is 28.2. The second kappa shape index (κ2) is 17.4. The molecule has 50 heavy (non-hydrogen) atoms. The number of rotatable bonds is 6. The number of amides is 3. The number of hydrogen-bond acceptors (Lipinski definition) is 9. The van der Waals surface area contributed by atoms with Crippen molar-refractivity contribution < 1.29 is 43.2 Å². The number of alkyl halides is 1. The number of benzene rings is 2. The van der Waals surface area contributed by atoms with Gasteiger partial charge in [-0.15, -0.1) is 0 Å².